The molecule has 0 aliphatic rings. The third-order valence-corrected chi connectivity index (χ3v) is 3.34. The van der Waals surface area contributed by atoms with Crippen LogP contribution in [0.2, 0.25) is 0 Å². The van der Waals surface area contributed by atoms with Gasteiger partial charge in [0.05, 0.1) is 6.07 Å². The van der Waals surface area contributed by atoms with Gasteiger partial charge in [-0.05, 0) is 28.4 Å². The summed E-state index contributed by atoms with van der Waals surface area (Å²) in [5, 5.41) is 12.7. The van der Waals surface area contributed by atoms with E-state index in [-0.39, 0.29) is 12.5 Å². The highest BCUT2D eigenvalue weighted by Gasteiger charge is 2.02. The Morgan fingerprint density at radius 2 is 2.50 bits per heavy atom. The lowest BCUT2D eigenvalue weighted by Gasteiger charge is -1.98. The maximum absolute atomic E-state index is 11.1. The van der Waals surface area contributed by atoms with Gasteiger partial charge in [0.25, 0.3) is 0 Å². The molecule has 0 fully saturated rings. The number of hydrogen-bond donors (Lipinski definition) is 1. The molecule has 0 aromatic carbocycles. The van der Waals surface area contributed by atoms with Gasteiger partial charge in [-0.3, -0.25) is 4.79 Å². The third-order valence-electron chi connectivity index (χ3n) is 1.58. The van der Waals surface area contributed by atoms with Crippen LogP contribution in [0.1, 0.15) is 11.3 Å². The van der Waals surface area contributed by atoms with Crippen molar-refractivity contribution in [2.24, 2.45) is 0 Å². The Hall–Kier alpha value is -0.860. The first-order chi connectivity index (χ1) is 6.72. The van der Waals surface area contributed by atoms with Crippen LogP contribution in [-0.2, 0) is 11.2 Å². The monoisotopic (exact) mass is 272 g/mol. The second-order valence-corrected chi connectivity index (χ2v) is 4.58. The minimum absolute atomic E-state index is 0.0731. The molecule has 0 atom stereocenters. The summed E-state index contributed by atoms with van der Waals surface area (Å²) in [6.07, 6.45) is 1.17. The molecule has 14 heavy (non-hydrogen) atoms. The molecule has 1 N–H and O–H groups in total. The predicted molar refractivity (Wildman–Crippen MR) is 59.0 cm³/mol. The van der Waals surface area contributed by atoms with E-state index in [2.05, 4.69) is 21.2 Å². The molecular formula is C9H9BrN2OS. The van der Waals surface area contributed by atoms with Crippen LogP contribution < -0.4 is 5.32 Å². The molecule has 1 aromatic heterocycles. The largest absolute Gasteiger partial charge is 0.343 e. The number of nitriles is 1. The number of aryl methyl sites for hydroxylation is 1. The highest BCUT2D eigenvalue weighted by Crippen LogP contribution is 2.20. The summed E-state index contributed by atoms with van der Waals surface area (Å²) in [6, 6.07) is 3.87. The van der Waals surface area contributed by atoms with Gasteiger partial charge >= 0.3 is 0 Å². The van der Waals surface area contributed by atoms with Crippen molar-refractivity contribution >= 4 is 33.2 Å². The second kappa shape index (κ2) is 5.78. The molecule has 0 saturated heterocycles. The molecule has 0 aliphatic carbocycles. The molecule has 1 rings (SSSR count). The maximum atomic E-state index is 11.1. The number of nitrogens with one attached hydrogen (secondary N) is 1. The van der Waals surface area contributed by atoms with Crippen molar-refractivity contribution in [3.8, 4) is 6.07 Å². The van der Waals surface area contributed by atoms with Crippen LogP contribution in [0, 0.1) is 11.3 Å². The number of carbonyl (C=O) groups is 1. The zero-order valence-corrected chi connectivity index (χ0v) is 9.82. The minimum atomic E-state index is -0.0731. The molecule has 1 heterocycles. The lowest BCUT2D eigenvalue weighted by Crippen LogP contribution is -2.23. The van der Waals surface area contributed by atoms with Gasteiger partial charge in [0.1, 0.15) is 6.54 Å². The van der Waals surface area contributed by atoms with Gasteiger partial charge in [-0.25, -0.2) is 0 Å². The van der Waals surface area contributed by atoms with Crippen LogP contribution in [-0.4, -0.2) is 12.5 Å². The predicted octanol–water partition coefficient (Wildman–Crippen LogP) is 2.08. The van der Waals surface area contributed by atoms with Crippen LogP contribution in [0.4, 0.5) is 0 Å². The van der Waals surface area contributed by atoms with Gasteiger partial charge in [-0.15, -0.1) is 11.3 Å². The highest BCUT2D eigenvalue weighted by atomic mass is 79.9. The van der Waals surface area contributed by atoms with Crippen molar-refractivity contribution in [1.82, 2.24) is 5.32 Å². The summed E-state index contributed by atoms with van der Waals surface area (Å²) >= 11 is 4.97. The van der Waals surface area contributed by atoms with Gasteiger partial charge in [0, 0.05) is 21.2 Å². The fraction of sp³-hybridized carbons (Fsp3) is 0.333. The standard InChI is InChI=1S/C9H9BrN2OS/c10-7-5-8(14-6-7)1-2-9(13)12-4-3-11/h5-6H,1-2,4H2,(H,12,13). The van der Waals surface area contributed by atoms with Crippen molar-refractivity contribution in [2.45, 2.75) is 12.8 Å². The van der Waals surface area contributed by atoms with E-state index in [0.29, 0.717) is 6.42 Å². The number of halogens is 1. The Balaban J connectivity index is 2.27. The molecule has 1 aromatic rings. The summed E-state index contributed by atoms with van der Waals surface area (Å²) in [4.78, 5) is 12.3. The smallest absolute Gasteiger partial charge is 0.221 e. The van der Waals surface area contributed by atoms with Gasteiger partial charge in [-0.2, -0.15) is 5.26 Å². The summed E-state index contributed by atoms with van der Waals surface area (Å²) in [5.41, 5.74) is 0. The zero-order chi connectivity index (χ0) is 10.4. The number of rotatable bonds is 4. The van der Waals surface area contributed by atoms with Crippen LogP contribution in [0.5, 0.6) is 0 Å². The van der Waals surface area contributed by atoms with E-state index in [1.807, 2.05) is 17.5 Å². The fourth-order valence-electron chi connectivity index (χ4n) is 0.948. The van der Waals surface area contributed by atoms with Crippen molar-refractivity contribution in [1.29, 1.82) is 5.26 Å². The maximum Gasteiger partial charge on any atom is 0.221 e. The zero-order valence-electron chi connectivity index (χ0n) is 7.42. The van der Waals surface area contributed by atoms with Crippen molar-refractivity contribution in [3.05, 3.63) is 20.8 Å². The van der Waals surface area contributed by atoms with Crippen LogP contribution >= 0.6 is 27.3 Å². The van der Waals surface area contributed by atoms with E-state index in [0.717, 1.165) is 10.9 Å². The van der Waals surface area contributed by atoms with E-state index in [4.69, 9.17) is 5.26 Å². The summed E-state index contributed by atoms with van der Waals surface area (Å²) in [6.45, 7) is 0.0902. The molecule has 5 heteroatoms. The fourth-order valence-corrected chi connectivity index (χ4v) is 2.40. The Kier molecular flexibility index (Phi) is 4.63. The molecule has 3 nitrogen and oxygen atoms in total. The van der Waals surface area contributed by atoms with E-state index in [9.17, 15) is 4.79 Å². The molecule has 0 radical (unpaired) electrons. The first kappa shape index (κ1) is 11.2. The lowest BCUT2D eigenvalue weighted by atomic mass is 10.2. The number of amides is 1. The molecule has 0 bridgehead atoms. The quantitative estimate of drug-likeness (QED) is 0.854. The summed E-state index contributed by atoms with van der Waals surface area (Å²) in [7, 11) is 0. The van der Waals surface area contributed by atoms with E-state index in [1.165, 1.54) is 4.88 Å². The average Bonchev–Trinajstić information content (AvgIpc) is 2.58. The van der Waals surface area contributed by atoms with Crippen molar-refractivity contribution < 1.29 is 4.79 Å². The molecule has 74 valence electrons. The summed E-state index contributed by atoms with van der Waals surface area (Å²) in [5.74, 6) is -0.0731. The van der Waals surface area contributed by atoms with E-state index in [1.54, 1.807) is 11.3 Å². The number of thiophene rings is 1. The van der Waals surface area contributed by atoms with E-state index < -0.39 is 0 Å². The number of nitrogens with zero attached hydrogens (tertiary/aromatic N) is 1. The topological polar surface area (TPSA) is 52.9 Å². The van der Waals surface area contributed by atoms with Crippen molar-refractivity contribution in [2.75, 3.05) is 6.54 Å². The number of hydrogen-bond acceptors (Lipinski definition) is 3. The lowest BCUT2D eigenvalue weighted by molar-refractivity contribution is -0.120. The van der Waals surface area contributed by atoms with Gasteiger partial charge in [0.15, 0.2) is 0 Å². The van der Waals surface area contributed by atoms with Gasteiger partial charge in [0.2, 0.25) is 5.91 Å². The van der Waals surface area contributed by atoms with Crippen LogP contribution in [0.3, 0.4) is 0 Å². The SMILES string of the molecule is N#CCNC(=O)CCc1cc(Br)cs1. The first-order valence-electron chi connectivity index (χ1n) is 4.09. The minimum Gasteiger partial charge on any atom is -0.343 e. The van der Waals surface area contributed by atoms with Crippen LogP contribution in [0.25, 0.3) is 0 Å². The highest BCUT2D eigenvalue weighted by molar-refractivity contribution is 9.10. The second-order valence-electron chi connectivity index (χ2n) is 2.67. The van der Waals surface area contributed by atoms with Gasteiger partial charge in [-0.1, -0.05) is 0 Å². The average molecular weight is 273 g/mol. The van der Waals surface area contributed by atoms with Gasteiger partial charge < -0.3 is 5.32 Å². The van der Waals surface area contributed by atoms with E-state index >= 15 is 0 Å². The molecule has 1 amide bonds. The molecular weight excluding hydrogens is 264 g/mol. The molecule has 0 unspecified atom stereocenters. The molecule has 0 aliphatic heterocycles. The Morgan fingerprint density at radius 1 is 1.71 bits per heavy atom. The molecule has 0 spiro atoms. The summed E-state index contributed by atoms with van der Waals surface area (Å²) < 4.78 is 1.05. The number of carbonyl (C=O) groups excluding carboxylic acids is 1. The normalized spacial score (nSPS) is 9.43. The Bertz CT molecular complexity index is 356. The van der Waals surface area contributed by atoms with Crippen molar-refractivity contribution in [3.63, 3.8) is 0 Å². The Morgan fingerprint density at radius 3 is 3.07 bits per heavy atom. The molecule has 0 saturated carbocycles. The first-order valence-corrected chi connectivity index (χ1v) is 5.76. The Labute approximate surface area is 94.9 Å². The third kappa shape index (κ3) is 3.90. The van der Waals surface area contributed by atoms with Crippen LogP contribution in [0.15, 0.2) is 15.9 Å².